The van der Waals surface area contributed by atoms with Gasteiger partial charge in [0.25, 0.3) is 0 Å². The van der Waals surface area contributed by atoms with Crippen LogP contribution in [0.1, 0.15) is 54.9 Å². The van der Waals surface area contributed by atoms with Gasteiger partial charge in [0.2, 0.25) is 0 Å². The summed E-state index contributed by atoms with van der Waals surface area (Å²) >= 11 is 0. The van der Waals surface area contributed by atoms with Crippen LogP contribution in [0.15, 0.2) is 4.99 Å². The average Bonchev–Trinajstić information content (AvgIpc) is 1.94. The van der Waals surface area contributed by atoms with Crippen molar-refractivity contribution in [2.45, 2.75) is 60.4 Å². The summed E-state index contributed by atoms with van der Waals surface area (Å²) in [7, 11) is 0. The largest absolute Gasteiger partial charge is 0.370 e. The molecule has 0 atom stereocenters. The Balaban J connectivity index is 4.30. The highest BCUT2D eigenvalue weighted by Crippen LogP contribution is 2.26. The van der Waals surface area contributed by atoms with Crippen molar-refractivity contribution in [2.75, 3.05) is 6.54 Å². The molecule has 0 aromatic rings. The molecule has 3 nitrogen and oxygen atoms in total. The van der Waals surface area contributed by atoms with Crippen LogP contribution in [-0.2, 0) is 0 Å². The molecule has 0 radical (unpaired) electrons. The van der Waals surface area contributed by atoms with Crippen molar-refractivity contribution in [2.24, 2.45) is 22.1 Å². The Kier molecular flexibility index (Phi) is 5.30. The Bertz CT molecular complexity index is 234. The van der Waals surface area contributed by atoms with E-state index < -0.39 is 0 Å². The van der Waals surface area contributed by atoms with Gasteiger partial charge in [0.1, 0.15) is 0 Å². The van der Waals surface area contributed by atoms with Crippen LogP contribution in [0.5, 0.6) is 0 Å². The summed E-state index contributed by atoms with van der Waals surface area (Å²) in [4.78, 5) is 4.32. The van der Waals surface area contributed by atoms with E-state index in [1.807, 2.05) is 0 Å². The zero-order chi connectivity index (χ0) is 13.0. The molecule has 0 heterocycles. The minimum atomic E-state index is -0.0111. The molecule has 0 amide bonds. The highest BCUT2D eigenvalue weighted by atomic mass is 15.1. The molecule has 3 N–H and O–H groups in total. The molecular weight excluding hydrogens is 198 g/mol. The van der Waals surface area contributed by atoms with Gasteiger partial charge in [-0.05, 0) is 31.6 Å². The van der Waals surface area contributed by atoms with Gasteiger partial charge in [0.05, 0.1) is 0 Å². The van der Waals surface area contributed by atoms with Crippen LogP contribution in [0.3, 0.4) is 0 Å². The van der Waals surface area contributed by atoms with Gasteiger partial charge >= 0.3 is 0 Å². The zero-order valence-corrected chi connectivity index (χ0v) is 12.0. The summed E-state index contributed by atoms with van der Waals surface area (Å²) < 4.78 is 0. The Labute approximate surface area is 101 Å². The quantitative estimate of drug-likeness (QED) is 0.573. The average molecular weight is 227 g/mol. The highest BCUT2D eigenvalue weighted by molar-refractivity contribution is 5.78. The molecule has 0 aliphatic carbocycles. The first-order chi connectivity index (χ1) is 7.02. The van der Waals surface area contributed by atoms with Gasteiger partial charge in [-0.15, -0.1) is 0 Å². The summed E-state index contributed by atoms with van der Waals surface area (Å²) in [5.74, 6) is 1.11. The third-order valence-electron chi connectivity index (χ3n) is 2.07. The maximum atomic E-state index is 5.87. The lowest BCUT2D eigenvalue weighted by atomic mass is 9.82. The number of hydrogen-bond donors (Lipinski definition) is 2. The number of guanidine groups is 1. The van der Waals surface area contributed by atoms with Crippen LogP contribution in [-0.4, -0.2) is 18.0 Å². The lowest BCUT2D eigenvalue weighted by Crippen LogP contribution is -2.49. The second-order valence-electron chi connectivity index (χ2n) is 6.87. The molecule has 0 aromatic heterocycles. The van der Waals surface area contributed by atoms with E-state index in [1.165, 1.54) is 0 Å². The first-order valence-corrected chi connectivity index (χ1v) is 6.10. The third kappa shape index (κ3) is 8.57. The lowest BCUT2D eigenvalue weighted by Gasteiger charge is -2.33. The van der Waals surface area contributed by atoms with Gasteiger partial charge in [-0.3, -0.25) is 4.99 Å². The summed E-state index contributed by atoms with van der Waals surface area (Å²) in [6.07, 6.45) is 1.05. The second-order valence-corrected chi connectivity index (χ2v) is 6.87. The first-order valence-electron chi connectivity index (χ1n) is 6.10. The van der Waals surface area contributed by atoms with Crippen molar-refractivity contribution in [3.63, 3.8) is 0 Å². The van der Waals surface area contributed by atoms with Crippen molar-refractivity contribution in [3.05, 3.63) is 0 Å². The number of nitrogens with zero attached hydrogens (tertiary/aromatic N) is 1. The van der Waals surface area contributed by atoms with E-state index >= 15 is 0 Å². The van der Waals surface area contributed by atoms with Crippen molar-refractivity contribution >= 4 is 5.96 Å². The molecule has 0 aliphatic heterocycles. The smallest absolute Gasteiger partial charge is 0.189 e. The monoisotopic (exact) mass is 227 g/mol. The molecule has 0 rings (SSSR count). The predicted molar refractivity (Wildman–Crippen MR) is 72.6 cm³/mol. The number of nitrogens with two attached hydrogens (primary N) is 1. The van der Waals surface area contributed by atoms with Gasteiger partial charge < -0.3 is 11.1 Å². The van der Waals surface area contributed by atoms with E-state index in [0.29, 0.717) is 11.9 Å². The summed E-state index contributed by atoms with van der Waals surface area (Å²) in [5.41, 5.74) is 6.14. The van der Waals surface area contributed by atoms with Gasteiger partial charge in [-0.2, -0.15) is 0 Å². The molecule has 16 heavy (non-hydrogen) atoms. The summed E-state index contributed by atoms with van der Waals surface area (Å²) in [6, 6.07) is 0. The van der Waals surface area contributed by atoms with Crippen LogP contribution >= 0.6 is 0 Å². The number of nitrogens with one attached hydrogen (secondary N) is 1. The first kappa shape index (κ1) is 15.3. The van der Waals surface area contributed by atoms with Crippen molar-refractivity contribution in [3.8, 4) is 0 Å². The van der Waals surface area contributed by atoms with E-state index in [2.05, 4.69) is 58.8 Å². The van der Waals surface area contributed by atoms with E-state index in [-0.39, 0.29) is 11.0 Å². The van der Waals surface area contributed by atoms with Crippen molar-refractivity contribution in [1.82, 2.24) is 5.32 Å². The summed E-state index contributed by atoms with van der Waals surface area (Å²) in [5, 5.41) is 3.30. The van der Waals surface area contributed by atoms with E-state index in [4.69, 9.17) is 5.73 Å². The molecule has 0 spiro atoms. The molecule has 96 valence electrons. The topological polar surface area (TPSA) is 50.4 Å². The van der Waals surface area contributed by atoms with Crippen LogP contribution in [0.4, 0.5) is 0 Å². The van der Waals surface area contributed by atoms with Crippen LogP contribution < -0.4 is 11.1 Å². The van der Waals surface area contributed by atoms with Crippen LogP contribution in [0.25, 0.3) is 0 Å². The summed E-state index contributed by atoms with van der Waals surface area (Å²) in [6.45, 7) is 16.1. The maximum absolute atomic E-state index is 5.87. The molecule has 0 saturated heterocycles. The molecule has 0 aliphatic rings. The number of rotatable bonds is 4. The molecule has 0 unspecified atom stereocenters. The molecule has 0 saturated carbocycles. The van der Waals surface area contributed by atoms with Gasteiger partial charge in [-0.25, -0.2) is 0 Å². The van der Waals surface area contributed by atoms with Crippen LogP contribution in [0, 0.1) is 11.3 Å². The Morgan fingerprint density at radius 2 is 1.69 bits per heavy atom. The van der Waals surface area contributed by atoms with E-state index in [0.717, 1.165) is 13.0 Å². The molecule has 0 aromatic carbocycles. The Hall–Kier alpha value is -0.730. The van der Waals surface area contributed by atoms with E-state index in [1.54, 1.807) is 0 Å². The second kappa shape index (κ2) is 5.55. The fraction of sp³-hybridized carbons (Fsp3) is 0.923. The minimum absolute atomic E-state index is 0.0111. The van der Waals surface area contributed by atoms with Crippen molar-refractivity contribution < 1.29 is 0 Å². The minimum Gasteiger partial charge on any atom is -0.370 e. The highest BCUT2D eigenvalue weighted by Gasteiger charge is 2.25. The zero-order valence-electron chi connectivity index (χ0n) is 12.0. The van der Waals surface area contributed by atoms with Crippen molar-refractivity contribution in [1.29, 1.82) is 0 Å². The fourth-order valence-electron chi connectivity index (χ4n) is 2.04. The number of aliphatic imine (C=N–C) groups is 1. The standard InChI is InChI=1S/C13H29N3/c1-10(2)8-15-11(14)16-13(6,7)9-12(3,4)5/h10H,8-9H2,1-7H3,(H3,14,15,16). The lowest BCUT2D eigenvalue weighted by molar-refractivity contribution is 0.266. The van der Waals surface area contributed by atoms with Gasteiger partial charge in [-0.1, -0.05) is 34.6 Å². The maximum Gasteiger partial charge on any atom is 0.189 e. The van der Waals surface area contributed by atoms with Gasteiger partial charge in [0.15, 0.2) is 5.96 Å². The molecule has 3 heteroatoms. The molecule has 0 fully saturated rings. The van der Waals surface area contributed by atoms with E-state index in [9.17, 15) is 0 Å². The van der Waals surface area contributed by atoms with Gasteiger partial charge in [0, 0.05) is 12.1 Å². The Morgan fingerprint density at radius 1 is 1.19 bits per heavy atom. The number of hydrogen-bond acceptors (Lipinski definition) is 1. The predicted octanol–water partition coefficient (Wildman–Crippen LogP) is 2.76. The SMILES string of the molecule is CC(C)CN=C(N)NC(C)(C)CC(C)(C)C. The van der Waals surface area contributed by atoms with Crippen LogP contribution in [0.2, 0.25) is 0 Å². The molecular formula is C13H29N3. The molecule has 0 bridgehead atoms. The fourth-order valence-corrected chi connectivity index (χ4v) is 2.04. The Morgan fingerprint density at radius 3 is 2.06 bits per heavy atom. The third-order valence-corrected chi connectivity index (χ3v) is 2.07. The normalized spacial score (nSPS) is 14.4.